The Labute approximate surface area is 116 Å². The average molecular weight is 257 g/mol. The van der Waals surface area contributed by atoms with Crippen LogP contribution < -0.4 is 5.73 Å². The smallest absolute Gasteiger partial charge is 0.0635 e. The number of aryl methyl sites for hydroxylation is 1. The molecule has 1 fully saturated rings. The van der Waals surface area contributed by atoms with Crippen molar-refractivity contribution in [2.45, 2.75) is 51.2 Å². The lowest BCUT2D eigenvalue weighted by molar-refractivity contribution is 0.169. The second kappa shape index (κ2) is 6.18. The Morgan fingerprint density at radius 2 is 2.11 bits per heavy atom. The van der Waals surface area contributed by atoms with Gasteiger partial charge in [0.2, 0.25) is 0 Å². The van der Waals surface area contributed by atoms with E-state index < -0.39 is 0 Å². The molecule has 1 aromatic carbocycles. The maximum absolute atomic E-state index is 8.85. The van der Waals surface area contributed by atoms with E-state index in [-0.39, 0.29) is 12.1 Å². The molecule has 19 heavy (non-hydrogen) atoms. The van der Waals surface area contributed by atoms with Gasteiger partial charge < -0.3 is 5.73 Å². The van der Waals surface area contributed by atoms with Crippen molar-refractivity contribution in [1.82, 2.24) is 4.90 Å². The lowest BCUT2D eigenvalue weighted by atomic mass is 9.94. The van der Waals surface area contributed by atoms with Crippen LogP contribution in [0.25, 0.3) is 0 Å². The number of nitrogens with two attached hydrogens (primary N) is 1. The van der Waals surface area contributed by atoms with Gasteiger partial charge in [-0.15, -0.1) is 0 Å². The van der Waals surface area contributed by atoms with Crippen LogP contribution in [0.4, 0.5) is 0 Å². The van der Waals surface area contributed by atoms with E-state index in [4.69, 9.17) is 11.0 Å². The van der Waals surface area contributed by atoms with Crippen molar-refractivity contribution < 1.29 is 0 Å². The van der Waals surface area contributed by atoms with Gasteiger partial charge in [-0.1, -0.05) is 24.3 Å². The van der Waals surface area contributed by atoms with Crippen molar-refractivity contribution >= 4 is 0 Å². The molecule has 0 saturated heterocycles. The zero-order valence-electron chi connectivity index (χ0n) is 11.8. The molecule has 102 valence electrons. The summed E-state index contributed by atoms with van der Waals surface area (Å²) in [5, 5.41) is 8.85. The summed E-state index contributed by atoms with van der Waals surface area (Å²) in [6.45, 7) is 5.03. The fourth-order valence-electron chi connectivity index (χ4n) is 2.82. The van der Waals surface area contributed by atoms with Crippen molar-refractivity contribution in [3.63, 3.8) is 0 Å². The molecule has 1 saturated carbocycles. The molecule has 0 bridgehead atoms. The molecule has 1 aromatic rings. The highest BCUT2D eigenvalue weighted by atomic mass is 15.2. The molecule has 3 nitrogen and oxygen atoms in total. The zero-order valence-corrected chi connectivity index (χ0v) is 11.8. The summed E-state index contributed by atoms with van der Waals surface area (Å²) in [6, 6.07) is 11.6. The van der Waals surface area contributed by atoms with Crippen molar-refractivity contribution in [3.05, 3.63) is 35.4 Å². The molecule has 1 aliphatic rings. The van der Waals surface area contributed by atoms with Crippen LogP contribution in [0.15, 0.2) is 24.3 Å². The highest BCUT2D eigenvalue weighted by Gasteiger charge is 2.36. The minimum Gasteiger partial charge on any atom is -0.326 e. The van der Waals surface area contributed by atoms with Crippen LogP contribution in [0.2, 0.25) is 0 Å². The van der Waals surface area contributed by atoms with Crippen LogP contribution >= 0.6 is 0 Å². The summed E-state index contributed by atoms with van der Waals surface area (Å²) in [5.74, 6) is 0. The number of hydrogen-bond donors (Lipinski definition) is 1. The maximum atomic E-state index is 8.85. The highest BCUT2D eigenvalue weighted by Crippen LogP contribution is 2.36. The van der Waals surface area contributed by atoms with Gasteiger partial charge in [-0.2, -0.15) is 5.26 Å². The molecule has 0 heterocycles. The summed E-state index contributed by atoms with van der Waals surface area (Å²) >= 11 is 0. The van der Waals surface area contributed by atoms with Crippen molar-refractivity contribution in [2.75, 3.05) is 6.54 Å². The Kier molecular flexibility index (Phi) is 4.57. The fraction of sp³-hybridized carbons (Fsp3) is 0.562. The van der Waals surface area contributed by atoms with Gasteiger partial charge in [0.25, 0.3) is 0 Å². The van der Waals surface area contributed by atoms with Gasteiger partial charge in [0.1, 0.15) is 0 Å². The van der Waals surface area contributed by atoms with Crippen LogP contribution in [0.3, 0.4) is 0 Å². The highest BCUT2D eigenvalue weighted by molar-refractivity contribution is 5.30. The van der Waals surface area contributed by atoms with Gasteiger partial charge in [0.05, 0.1) is 12.1 Å². The minimum absolute atomic E-state index is 0.0698. The van der Waals surface area contributed by atoms with Gasteiger partial charge in [-0.05, 0) is 37.8 Å². The number of rotatable bonds is 6. The second-order valence-electron chi connectivity index (χ2n) is 5.54. The zero-order chi connectivity index (χ0) is 13.8. The Hall–Kier alpha value is -1.37. The van der Waals surface area contributed by atoms with Gasteiger partial charge >= 0.3 is 0 Å². The van der Waals surface area contributed by atoms with Gasteiger partial charge in [0.15, 0.2) is 0 Å². The number of benzene rings is 1. The Morgan fingerprint density at radius 1 is 1.42 bits per heavy atom. The van der Waals surface area contributed by atoms with E-state index in [1.54, 1.807) is 0 Å². The molecule has 0 aliphatic heterocycles. The Balaban J connectivity index is 2.27. The monoisotopic (exact) mass is 257 g/mol. The van der Waals surface area contributed by atoms with Crippen LogP contribution in [0.5, 0.6) is 0 Å². The molecular weight excluding hydrogens is 234 g/mol. The third kappa shape index (κ3) is 3.34. The van der Waals surface area contributed by atoms with E-state index in [9.17, 15) is 0 Å². The molecule has 2 unspecified atom stereocenters. The second-order valence-corrected chi connectivity index (χ2v) is 5.54. The summed E-state index contributed by atoms with van der Waals surface area (Å²) in [7, 11) is 0. The molecule has 0 aromatic heterocycles. The summed E-state index contributed by atoms with van der Waals surface area (Å²) in [6.07, 6.45) is 3.05. The number of nitriles is 1. The van der Waals surface area contributed by atoms with Crippen molar-refractivity contribution in [1.29, 1.82) is 5.26 Å². The van der Waals surface area contributed by atoms with E-state index in [0.717, 1.165) is 6.54 Å². The molecule has 2 N–H and O–H groups in total. The van der Waals surface area contributed by atoms with Crippen LogP contribution in [0.1, 0.15) is 43.4 Å². The normalized spacial score (nSPS) is 18.1. The first kappa shape index (κ1) is 14.0. The predicted octanol–water partition coefficient (Wildman–Crippen LogP) is 2.76. The van der Waals surface area contributed by atoms with Crippen LogP contribution in [-0.2, 0) is 0 Å². The SMILES string of the molecule is Cc1ccccc1C(C(C)N)N(CCC#N)C1CC1. The minimum atomic E-state index is 0.0698. The largest absolute Gasteiger partial charge is 0.326 e. The molecule has 0 radical (unpaired) electrons. The molecule has 3 heteroatoms. The number of nitrogens with zero attached hydrogens (tertiary/aromatic N) is 2. The van der Waals surface area contributed by atoms with Gasteiger partial charge in [-0.25, -0.2) is 0 Å². The third-order valence-electron chi connectivity index (χ3n) is 3.86. The summed E-state index contributed by atoms with van der Waals surface area (Å²) in [4.78, 5) is 2.44. The fourth-order valence-corrected chi connectivity index (χ4v) is 2.82. The molecule has 0 amide bonds. The standard InChI is InChI=1S/C16H23N3/c1-12-6-3-4-7-15(12)16(13(2)18)19(11-5-10-17)14-8-9-14/h3-4,6-7,13-14,16H,5,8-9,11,18H2,1-2H3. The first-order chi connectivity index (χ1) is 9.15. The molecule has 1 aliphatic carbocycles. The quantitative estimate of drug-likeness (QED) is 0.852. The molecule has 2 rings (SSSR count). The molecule has 2 atom stereocenters. The first-order valence-corrected chi connectivity index (χ1v) is 7.09. The van der Waals surface area contributed by atoms with Crippen LogP contribution in [0, 0.1) is 18.3 Å². The number of hydrogen-bond acceptors (Lipinski definition) is 3. The van der Waals surface area contributed by atoms with Gasteiger partial charge in [-0.3, -0.25) is 4.90 Å². The molecular formula is C16H23N3. The van der Waals surface area contributed by atoms with Crippen LogP contribution in [-0.4, -0.2) is 23.5 Å². The molecule has 0 spiro atoms. The topological polar surface area (TPSA) is 53.0 Å². The van der Waals surface area contributed by atoms with E-state index >= 15 is 0 Å². The van der Waals surface area contributed by atoms with Gasteiger partial charge in [0, 0.05) is 25.0 Å². The third-order valence-corrected chi connectivity index (χ3v) is 3.86. The first-order valence-electron chi connectivity index (χ1n) is 7.09. The maximum Gasteiger partial charge on any atom is 0.0635 e. The van der Waals surface area contributed by atoms with Crippen molar-refractivity contribution in [3.8, 4) is 6.07 Å². The van der Waals surface area contributed by atoms with E-state index in [1.165, 1.54) is 24.0 Å². The van der Waals surface area contributed by atoms with E-state index in [1.807, 2.05) is 0 Å². The Bertz CT molecular complexity index is 457. The summed E-state index contributed by atoms with van der Waals surface area (Å²) in [5.41, 5.74) is 8.84. The lowest BCUT2D eigenvalue weighted by Gasteiger charge is -2.35. The van der Waals surface area contributed by atoms with E-state index in [2.05, 4.69) is 49.1 Å². The lowest BCUT2D eigenvalue weighted by Crippen LogP contribution is -2.41. The van der Waals surface area contributed by atoms with Crippen molar-refractivity contribution in [2.24, 2.45) is 5.73 Å². The summed E-state index contributed by atoms with van der Waals surface area (Å²) < 4.78 is 0. The average Bonchev–Trinajstić information content (AvgIpc) is 3.20. The Morgan fingerprint density at radius 3 is 2.63 bits per heavy atom. The van der Waals surface area contributed by atoms with E-state index in [0.29, 0.717) is 12.5 Å². The predicted molar refractivity (Wildman–Crippen MR) is 77.5 cm³/mol.